The van der Waals surface area contributed by atoms with E-state index >= 15 is 0 Å². The Labute approximate surface area is 111 Å². The maximum Gasteiger partial charge on any atom is 0.231 e. The van der Waals surface area contributed by atoms with Gasteiger partial charge in [-0.1, -0.05) is 5.16 Å². The average molecular weight is 269 g/mol. The second-order valence-electron chi connectivity index (χ2n) is 4.01. The number of hydrogen-bond donors (Lipinski definition) is 2. The molecule has 0 aliphatic carbocycles. The van der Waals surface area contributed by atoms with Gasteiger partial charge in [-0.25, -0.2) is 0 Å². The van der Waals surface area contributed by atoms with Gasteiger partial charge in [-0.15, -0.1) is 0 Å². The normalized spacial score (nSPS) is 12.9. The average Bonchev–Trinajstić information content (AvgIpc) is 2.45. The van der Waals surface area contributed by atoms with Gasteiger partial charge in [0.05, 0.1) is 20.3 Å². The number of amidine groups is 1. The number of nitrogens with zero attached hydrogens (tertiary/aromatic N) is 4. The third kappa shape index (κ3) is 3.87. The Balaban J connectivity index is 2.94. The fourth-order valence-corrected chi connectivity index (χ4v) is 1.44. The van der Waals surface area contributed by atoms with Crippen molar-refractivity contribution in [3.63, 3.8) is 0 Å². The Morgan fingerprint density at radius 2 is 1.95 bits per heavy atom. The van der Waals surface area contributed by atoms with Crippen molar-refractivity contribution in [1.29, 1.82) is 0 Å². The first kappa shape index (κ1) is 14.8. The predicted octanol–water partition coefficient (Wildman–Crippen LogP) is 0.455. The number of hydrogen-bond acceptors (Lipinski definition) is 7. The summed E-state index contributed by atoms with van der Waals surface area (Å²) in [5.41, 5.74) is 5.49. The van der Waals surface area contributed by atoms with Crippen LogP contribution in [0.3, 0.4) is 0 Å². The van der Waals surface area contributed by atoms with E-state index in [1.54, 1.807) is 11.0 Å². The van der Waals surface area contributed by atoms with E-state index in [0.29, 0.717) is 24.1 Å². The molecule has 0 bridgehead atoms. The molecular weight excluding hydrogens is 250 g/mol. The van der Waals surface area contributed by atoms with Crippen molar-refractivity contribution >= 4 is 11.8 Å². The smallest absolute Gasteiger partial charge is 0.231 e. The zero-order chi connectivity index (χ0) is 14.4. The minimum atomic E-state index is -0.0484. The Bertz CT molecular complexity index is 430. The van der Waals surface area contributed by atoms with E-state index in [9.17, 15) is 0 Å². The molecule has 0 fully saturated rings. The number of oxime groups is 1. The van der Waals surface area contributed by atoms with Crippen LogP contribution in [0.25, 0.3) is 0 Å². The van der Waals surface area contributed by atoms with E-state index in [2.05, 4.69) is 15.1 Å². The number of anilines is 1. The van der Waals surface area contributed by atoms with Crippen molar-refractivity contribution in [2.24, 2.45) is 10.9 Å². The number of ether oxygens (including phenoxy) is 2. The molecule has 8 heteroatoms. The van der Waals surface area contributed by atoms with Crippen LogP contribution in [-0.4, -0.2) is 48.3 Å². The van der Waals surface area contributed by atoms with E-state index < -0.39 is 0 Å². The summed E-state index contributed by atoms with van der Waals surface area (Å²) in [7, 11) is 4.85. The van der Waals surface area contributed by atoms with Crippen LogP contribution in [0.4, 0.5) is 5.95 Å². The Hall–Kier alpha value is -2.25. The standard InChI is InChI=1S/C11H19N5O3/c1-7(5-8(12)15-17)16(2)11-13-9(18-3)6-10(14-11)19-4/h6-7,17H,5H2,1-4H3,(H2,12,15). The molecule has 1 unspecified atom stereocenters. The Morgan fingerprint density at radius 1 is 1.42 bits per heavy atom. The van der Waals surface area contributed by atoms with Crippen molar-refractivity contribution in [2.75, 3.05) is 26.2 Å². The lowest BCUT2D eigenvalue weighted by molar-refractivity contribution is 0.316. The van der Waals surface area contributed by atoms with E-state index in [1.165, 1.54) is 14.2 Å². The van der Waals surface area contributed by atoms with Crippen molar-refractivity contribution in [3.05, 3.63) is 6.07 Å². The van der Waals surface area contributed by atoms with E-state index in [-0.39, 0.29) is 11.9 Å². The SMILES string of the molecule is COc1cc(OC)nc(N(C)C(C)C/C(N)=N/O)n1. The Morgan fingerprint density at radius 3 is 2.37 bits per heavy atom. The van der Waals surface area contributed by atoms with Crippen LogP contribution in [0.2, 0.25) is 0 Å². The van der Waals surface area contributed by atoms with Gasteiger partial charge >= 0.3 is 0 Å². The number of rotatable bonds is 6. The fourth-order valence-electron chi connectivity index (χ4n) is 1.44. The summed E-state index contributed by atoms with van der Waals surface area (Å²) in [5, 5.41) is 11.5. The van der Waals surface area contributed by atoms with Crippen LogP contribution in [0.1, 0.15) is 13.3 Å². The number of methoxy groups -OCH3 is 2. The summed E-state index contributed by atoms with van der Waals surface area (Å²) in [4.78, 5) is 10.2. The molecule has 1 aromatic rings. The summed E-state index contributed by atoms with van der Waals surface area (Å²) in [5.74, 6) is 1.40. The van der Waals surface area contributed by atoms with Crippen molar-refractivity contribution in [3.8, 4) is 11.8 Å². The highest BCUT2D eigenvalue weighted by Crippen LogP contribution is 2.21. The molecule has 1 atom stereocenters. The van der Waals surface area contributed by atoms with Crippen LogP contribution in [0, 0.1) is 0 Å². The predicted molar refractivity (Wildman–Crippen MR) is 71.0 cm³/mol. The number of aromatic nitrogens is 2. The summed E-state index contributed by atoms with van der Waals surface area (Å²) in [6, 6.07) is 1.54. The van der Waals surface area contributed by atoms with Crippen LogP contribution in [0.5, 0.6) is 11.8 Å². The van der Waals surface area contributed by atoms with E-state index in [1.807, 2.05) is 14.0 Å². The number of nitrogens with two attached hydrogens (primary N) is 1. The largest absolute Gasteiger partial charge is 0.481 e. The van der Waals surface area contributed by atoms with Crippen LogP contribution in [-0.2, 0) is 0 Å². The van der Waals surface area contributed by atoms with E-state index in [0.717, 1.165) is 0 Å². The molecule has 8 nitrogen and oxygen atoms in total. The summed E-state index contributed by atoms with van der Waals surface area (Å²) in [6.07, 6.45) is 0.385. The first-order valence-corrected chi connectivity index (χ1v) is 5.68. The van der Waals surface area contributed by atoms with Gasteiger partial charge in [0, 0.05) is 19.5 Å². The van der Waals surface area contributed by atoms with Gasteiger partial charge in [0.2, 0.25) is 17.7 Å². The highest BCUT2D eigenvalue weighted by Gasteiger charge is 2.16. The molecule has 0 saturated carbocycles. The molecule has 0 aromatic carbocycles. The summed E-state index contributed by atoms with van der Waals surface area (Å²) in [6.45, 7) is 1.91. The van der Waals surface area contributed by atoms with E-state index in [4.69, 9.17) is 20.4 Å². The second-order valence-corrected chi connectivity index (χ2v) is 4.01. The minimum absolute atomic E-state index is 0.0484. The highest BCUT2D eigenvalue weighted by molar-refractivity contribution is 5.80. The lowest BCUT2D eigenvalue weighted by Gasteiger charge is -2.24. The fraction of sp³-hybridized carbons (Fsp3) is 0.545. The van der Waals surface area contributed by atoms with Gasteiger partial charge < -0.3 is 25.3 Å². The maximum atomic E-state index is 8.57. The molecule has 0 amide bonds. The molecule has 3 N–H and O–H groups in total. The first-order chi connectivity index (χ1) is 9.01. The molecule has 19 heavy (non-hydrogen) atoms. The zero-order valence-electron chi connectivity index (χ0n) is 11.5. The summed E-state index contributed by atoms with van der Waals surface area (Å²) >= 11 is 0. The summed E-state index contributed by atoms with van der Waals surface area (Å²) < 4.78 is 10.2. The topological polar surface area (TPSA) is 106 Å². The molecule has 0 saturated heterocycles. The molecule has 1 aromatic heterocycles. The molecule has 1 rings (SSSR count). The van der Waals surface area contributed by atoms with Crippen LogP contribution < -0.4 is 20.1 Å². The van der Waals surface area contributed by atoms with Crippen molar-refractivity contribution in [2.45, 2.75) is 19.4 Å². The molecular formula is C11H19N5O3. The van der Waals surface area contributed by atoms with Crippen LogP contribution in [0.15, 0.2) is 11.2 Å². The molecule has 1 heterocycles. The molecule has 0 aliphatic rings. The maximum absolute atomic E-state index is 8.57. The second kappa shape index (κ2) is 6.62. The monoisotopic (exact) mass is 269 g/mol. The van der Waals surface area contributed by atoms with Gasteiger partial charge in [-0.05, 0) is 6.92 Å². The van der Waals surface area contributed by atoms with Gasteiger partial charge in [0.25, 0.3) is 0 Å². The van der Waals surface area contributed by atoms with Crippen LogP contribution >= 0.6 is 0 Å². The van der Waals surface area contributed by atoms with Crippen molar-refractivity contribution in [1.82, 2.24) is 9.97 Å². The quantitative estimate of drug-likeness (QED) is 0.334. The lowest BCUT2D eigenvalue weighted by Crippen LogP contribution is -2.34. The van der Waals surface area contributed by atoms with Crippen molar-refractivity contribution < 1.29 is 14.7 Å². The first-order valence-electron chi connectivity index (χ1n) is 5.68. The van der Waals surface area contributed by atoms with Gasteiger partial charge in [-0.3, -0.25) is 0 Å². The van der Waals surface area contributed by atoms with Gasteiger partial charge in [0.15, 0.2) is 0 Å². The molecule has 0 aliphatic heterocycles. The molecule has 0 radical (unpaired) electrons. The minimum Gasteiger partial charge on any atom is -0.481 e. The highest BCUT2D eigenvalue weighted by atomic mass is 16.5. The Kier molecular flexibility index (Phi) is 5.16. The molecule has 106 valence electrons. The lowest BCUT2D eigenvalue weighted by atomic mass is 10.2. The molecule has 0 spiro atoms. The van der Waals surface area contributed by atoms with Gasteiger partial charge in [0.1, 0.15) is 5.84 Å². The third-order valence-corrected chi connectivity index (χ3v) is 2.70. The van der Waals surface area contributed by atoms with Gasteiger partial charge in [-0.2, -0.15) is 9.97 Å². The third-order valence-electron chi connectivity index (χ3n) is 2.70. The zero-order valence-corrected chi connectivity index (χ0v) is 11.5.